The average Bonchev–Trinajstić information content (AvgIpc) is 3.26. The molecule has 0 radical (unpaired) electrons. The van der Waals surface area contributed by atoms with Crippen molar-refractivity contribution in [3.8, 4) is 28.5 Å². The molecular weight excluding hydrogens is 430 g/mol. The number of hydrogen-bond acceptors (Lipinski definition) is 4. The third-order valence-corrected chi connectivity index (χ3v) is 6.02. The minimum Gasteiger partial charge on any atom is -0.351 e. The van der Waals surface area contributed by atoms with Gasteiger partial charge < -0.3 is 9.88 Å². The third-order valence-electron chi connectivity index (χ3n) is 6.02. The summed E-state index contributed by atoms with van der Waals surface area (Å²) in [4.78, 5) is 14.2. The van der Waals surface area contributed by atoms with E-state index in [0.29, 0.717) is 24.1 Å². The van der Waals surface area contributed by atoms with Gasteiger partial charge in [-0.05, 0) is 24.3 Å². The average molecular weight is 454 g/mol. The largest absolute Gasteiger partial charge is 0.351 e. The smallest absolute Gasteiger partial charge is 0.227 e. The summed E-state index contributed by atoms with van der Waals surface area (Å²) in [5.41, 5.74) is 5.26. The number of rotatable bonds is 6. The first-order valence-electron chi connectivity index (χ1n) is 11.6. The van der Waals surface area contributed by atoms with Gasteiger partial charge in [-0.1, -0.05) is 84.9 Å². The van der Waals surface area contributed by atoms with Gasteiger partial charge in [0, 0.05) is 34.1 Å². The number of nitrogens with zero attached hydrogens (tertiary/aromatic N) is 4. The molecular formula is C30H23N5. The molecule has 6 rings (SSSR count). The third kappa shape index (κ3) is 3.83. The lowest BCUT2D eigenvalue weighted by atomic mass is 10.1. The van der Waals surface area contributed by atoms with Gasteiger partial charge in [0.05, 0.1) is 11.0 Å². The van der Waals surface area contributed by atoms with E-state index in [1.807, 2.05) is 36.4 Å². The molecule has 0 aliphatic carbocycles. The second-order valence-corrected chi connectivity index (χ2v) is 8.26. The highest BCUT2D eigenvalue weighted by Gasteiger charge is 2.15. The van der Waals surface area contributed by atoms with E-state index in [1.54, 1.807) is 6.08 Å². The molecule has 0 bridgehead atoms. The molecule has 0 saturated heterocycles. The molecule has 1 N–H and O–H groups in total. The predicted molar refractivity (Wildman–Crippen MR) is 144 cm³/mol. The number of fused-ring (bicyclic) bond motifs is 3. The fourth-order valence-corrected chi connectivity index (χ4v) is 4.43. The van der Waals surface area contributed by atoms with E-state index in [9.17, 15) is 0 Å². The minimum atomic E-state index is 0.525. The lowest BCUT2D eigenvalue weighted by Gasteiger charge is -2.10. The van der Waals surface area contributed by atoms with E-state index in [1.165, 1.54) is 16.3 Å². The Labute approximate surface area is 203 Å². The first-order chi connectivity index (χ1) is 17.3. The Bertz CT molecular complexity index is 1650. The maximum Gasteiger partial charge on any atom is 0.227 e. The summed E-state index contributed by atoms with van der Waals surface area (Å²) in [6, 6.07) is 35.3. The van der Waals surface area contributed by atoms with Crippen LogP contribution >= 0.6 is 0 Å². The van der Waals surface area contributed by atoms with E-state index in [2.05, 4.69) is 88.2 Å². The van der Waals surface area contributed by atoms with E-state index in [0.717, 1.165) is 22.3 Å². The van der Waals surface area contributed by atoms with Gasteiger partial charge >= 0.3 is 0 Å². The number of hydrogen-bond donors (Lipinski definition) is 1. The van der Waals surface area contributed by atoms with E-state index in [4.69, 9.17) is 9.97 Å². The zero-order valence-corrected chi connectivity index (χ0v) is 19.1. The van der Waals surface area contributed by atoms with Crippen LogP contribution in [0, 0.1) is 0 Å². The number of aromatic nitrogens is 4. The zero-order chi connectivity index (χ0) is 23.6. The van der Waals surface area contributed by atoms with Crippen LogP contribution < -0.4 is 5.32 Å². The lowest BCUT2D eigenvalue weighted by Crippen LogP contribution is -2.06. The maximum absolute atomic E-state index is 4.85. The van der Waals surface area contributed by atoms with E-state index < -0.39 is 0 Å². The molecule has 5 nitrogen and oxygen atoms in total. The molecule has 0 atom stereocenters. The van der Waals surface area contributed by atoms with Crippen LogP contribution in [0.3, 0.4) is 0 Å². The molecule has 0 saturated carbocycles. The molecule has 2 aromatic heterocycles. The van der Waals surface area contributed by atoms with Crippen molar-refractivity contribution in [3.05, 3.63) is 116 Å². The molecule has 0 fully saturated rings. The molecule has 6 aromatic rings. The fourth-order valence-electron chi connectivity index (χ4n) is 4.43. The van der Waals surface area contributed by atoms with Crippen molar-refractivity contribution in [2.75, 3.05) is 11.9 Å². The van der Waals surface area contributed by atoms with Crippen LogP contribution in [0.5, 0.6) is 0 Å². The van der Waals surface area contributed by atoms with Crippen molar-refractivity contribution >= 4 is 27.8 Å². The van der Waals surface area contributed by atoms with Crippen molar-refractivity contribution in [2.24, 2.45) is 0 Å². The Morgan fingerprint density at radius 3 is 2.09 bits per heavy atom. The quantitative estimate of drug-likeness (QED) is 0.279. The molecule has 35 heavy (non-hydrogen) atoms. The molecule has 2 heterocycles. The molecule has 0 amide bonds. The van der Waals surface area contributed by atoms with Crippen molar-refractivity contribution in [1.82, 2.24) is 19.5 Å². The van der Waals surface area contributed by atoms with Crippen LogP contribution in [-0.2, 0) is 0 Å². The second kappa shape index (κ2) is 8.88. The molecule has 4 aromatic carbocycles. The van der Waals surface area contributed by atoms with Crippen LogP contribution in [0.2, 0.25) is 0 Å². The summed E-state index contributed by atoms with van der Waals surface area (Å²) in [6.07, 6.45) is 1.79. The van der Waals surface area contributed by atoms with Crippen molar-refractivity contribution in [3.63, 3.8) is 0 Å². The maximum atomic E-state index is 4.85. The minimum absolute atomic E-state index is 0.525. The van der Waals surface area contributed by atoms with E-state index in [-0.39, 0.29) is 0 Å². The van der Waals surface area contributed by atoms with Gasteiger partial charge in [0.1, 0.15) is 0 Å². The van der Waals surface area contributed by atoms with Crippen LogP contribution in [0.15, 0.2) is 116 Å². The number of nitrogens with one attached hydrogen (secondary N) is 1. The Balaban J connectivity index is 1.58. The van der Waals surface area contributed by atoms with Gasteiger partial charge in [0.15, 0.2) is 11.6 Å². The number of benzene rings is 4. The zero-order valence-electron chi connectivity index (χ0n) is 19.1. The highest BCUT2D eigenvalue weighted by Crippen LogP contribution is 2.34. The Hall–Kier alpha value is -4.77. The first-order valence-corrected chi connectivity index (χ1v) is 11.6. The van der Waals surface area contributed by atoms with Gasteiger partial charge in [-0.25, -0.2) is 4.98 Å². The highest BCUT2D eigenvalue weighted by atomic mass is 15.2. The van der Waals surface area contributed by atoms with Gasteiger partial charge in [0.2, 0.25) is 5.95 Å². The second-order valence-electron chi connectivity index (χ2n) is 8.26. The molecule has 5 heteroatoms. The summed E-state index contributed by atoms with van der Waals surface area (Å²) in [5.74, 6) is 1.78. The van der Waals surface area contributed by atoms with Crippen molar-refractivity contribution < 1.29 is 0 Å². The van der Waals surface area contributed by atoms with Gasteiger partial charge in [-0.3, -0.25) is 0 Å². The van der Waals surface area contributed by atoms with Gasteiger partial charge in [0.25, 0.3) is 0 Å². The SMILES string of the molecule is C=CCNc1nc(-c2ccccc2)nc(-c2ccc3c4ccccc4n(-c4ccccc4)c3c2)n1. The highest BCUT2D eigenvalue weighted by molar-refractivity contribution is 6.10. The molecule has 0 aliphatic heterocycles. The van der Waals surface area contributed by atoms with Crippen LogP contribution in [0.1, 0.15) is 0 Å². The summed E-state index contributed by atoms with van der Waals surface area (Å²) >= 11 is 0. The van der Waals surface area contributed by atoms with Gasteiger partial charge in [-0.15, -0.1) is 6.58 Å². The van der Waals surface area contributed by atoms with E-state index >= 15 is 0 Å². The molecule has 0 aliphatic rings. The lowest BCUT2D eigenvalue weighted by molar-refractivity contribution is 1.05. The van der Waals surface area contributed by atoms with Gasteiger partial charge in [-0.2, -0.15) is 9.97 Å². The number of para-hydroxylation sites is 2. The van der Waals surface area contributed by atoms with Crippen LogP contribution in [-0.4, -0.2) is 26.1 Å². The first kappa shape index (κ1) is 20.8. The monoisotopic (exact) mass is 453 g/mol. The fraction of sp³-hybridized carbons (Fsp3) is 0.0333. The summed E-state index contributed by atoms with van der Waals surface area (Å²) < 4.78 is 2.30. The van der Waals surface area contributed by atoms with Crippen molar-refractivity contribution in [2.45, 2.75) is 0 Å². The standard InChI is InChI=1S/C30H23N5/c1-2-19-31-30-33-28(21-11-5-3-6-12-21)32-29(34-30)22-17-18-25-24-15-9-10-16-26(24)35(27(25)20-22)23-13-7-4-8-14-23/h2-18,20H,1,19H2,(H,31,32,33,34). The molecule has 0 spiro atoms. The molecule has 168 valence electrons. The summed E-state index contributed by atoms with van der Waals surface area (Å²) in [5, 5.41) is 5.63. The predicted octanol–water partition coefficient (Wildman–Crippen LogP) is 6.90. The summed E-state index contributed by atoms with van der Waals surface area (Å²) in [6.45, 7) is 4.36. The summed E-state index contributed by atoms with van der Waals surface area (Å²) in [7, 11) is 0. The Morgan fingerprint density at radius 2 is 1.31 bits per heavy atom. The van der Waals surface area contributed by atoms with Crippen LogP contribution in [0.4, 0.5) is 5.95 Å². The topological polar surface area (TPSA) is 55.6 Å². The molecule has 0 unspecified atom stereocenters. The van der Waals surface area contributed by atoms with Crippen molar-refractivity contribution in [1.29, 1.82) is 0 Å². The Kier molecular flexibility index (Phi) is 5.28. The van der Waals surface area contributed by atoms with Crippen LogP contribution in [0.25, 0.3) is 50.3 Å². The normalized spacial score (nSPS) is 11.1. The Morgan fingerprint density at radius 1 is 0.657 bits per heavy atom. The number of anilines is 1.